The number of halogens is 4. The van der Waals surface area contributed by atoms with Crippen LogP contribution < -0.4 is 15.8 Å². The van der Waals surface area contributed by atoms with Gasteiger partial charge in [-0.2, -0.15) is 13.2 Å². The fraction of sp³-hybridized carbons (Fsp3) is 0.158. The van der Waals surface area contributed by atoms with Crippen LogP contribution in [-0.2, 0) is 22.3 Å². The summed E-state index contributed by atoms with van der Waals surface area (Å²) < 4.78 is 56.9. The molecule has 0 heterocycles. The van der Waals surface area contributed by atoms with Crippen molar-refractivity contribution in [3.05, 3.63) is 71.0 Å². The highest BCUT2D eigenvalue weighted by Gasteiger charge is 2.33. The van der Waals surface area contributed by atoms with E-state index in [1.807, 2.05) is 0 Å². The number of carbonyl (C=O) groups excluding carboxylic acids is 2. The minimum Gasteiger partial charge on any atom is -0.484 e. The van der Waals surface area contributed by atoms with Crippen LogP contribution in [-0.4, -0.2) is 18.4 Å². The summed E-state index contributed by atoms with van der Waals surface area (Å²) in [6, 6.07) is 8.62. The van der Waals surface area contributed by atoms with Gasteiger partial charge >= 0.3 is 6.18 Å². The number of primary amides is 1. The molecule has 0 saturated carbocycles. The first-order valence-electron chi connectivity index (χ1n) is 7.98. The van der Waals surface area contributed by atoms with Gasteiger partial charge in [0.1, 0.15) is 11.6 Å². The van der Waals surface area contributed by atoms with Gasteiger partial charge in [-0.05, 0) is 41.5 Å². The quantitative estimate of drug-likeness (QED) is 0.558. The van der Waals surface area contributed by atoms with E-state index < -0.39 is 35.9 Å². The van der Waals surface area contributed by atoms with E-state index in [-0.39, 0.29) is 12.2 Å². The van der Waals surface area contributed by atoms with E-state index in [1.54, 1.807) is 24.3 Å². The van der Waals surface area contributed by atoms with Crippen molar-refractivity contribution in [1.29, 1.82) is 0 Å². The second-order valence-corrected chi connectivity index (χ2v) is 5.67. The average molecular weight is 396 g/mol. The molecule has 0 aliphatic carbocycles. The molecule has 0 aromatic heterocycles. The number of hydrogen-bond donors (Lipinski definition) is 2. The van der Waals surface area contributed by atoms with Crippen molar-refractivity contribution in [3.8, 4) is 5.75 Å². The smallest absolute Gasteiger partial charge is 0.416 e. The lowest BCUT2D eigenvalue weighted by molar-refractivity contribution is -0.138. The monoisotopic (exact) mass is 396 g/mol. The Balaban J connectivity index is 1.95. The molecular weight excluding hydrogens is 380 g/mol. The van der Waals surface area contributed by atoms with Gasteiger partial charge in [0.2, 0.25) is 5.91 Å². The molecule has 9 heteroatoms. The molecule has 2 aromatic carbocycles. The van der Waals surface area contributed by atoms with E-state index in [0.717, 1.165) is 18.2 Å². The normalized spacial score (nSPS) is 11.4. The van der Waals surface area contributed by atoms with Crippen LogP contribution in [0.1, 0.15) is 16.7 Å². The number of nitrogens with two attached hydrogens (primary N) is 1. The molecule has 3 N–H and O–H groups in total. The van der Waals surface area contributed by atoms with E-state index in [2.05, 4.69) is 5.32 Å². The molecule has 2 rings (SSSR count). The van der Waals surface area contributed by atoms with Crippen molar-refractivity contribution in [3.63, 3.8) is 0 Å². The average Bonchev–Trinajstić information content (AvgIpc) is 2.63. The fourth-order valence-corrected chi connectivity index (χ4v) is 2.21. The minimum absolute atomic E-state index is 0.244. The lowest BCUT2D eigenvalue weighted by Crippen LogP contribution is -2.22. The maximum absolute atomic E-state index is 13.1. The molecule has 0 fully saturated rings. The van der Waals surface area contributed by atoms with Gasteiger partial charge in [0.15, 0.2) is 6.61 Å². The lowest BCUT2D eigenvalue weighted by Gasteiger charge is -2.13. The van der Waals surface area contributed by atoms with Crippen LogP contribution in [0, 0.1) is 5.82 Å². The number of carbonyl (C=O) groups is 2. The molecule has 0 saturated heterocycles. The molecule has 2 amide bonds. The number of nitrogens with one attached hydrogen (secondary N) is 1. The van der Waals surface area contributed by atoms with Crippen LogP contribution in [0.25, 0.3) is 6.08 Å². The summed E-state index contributed by atoms with van der Waals surface area (Å²) in [5.74, 6) is -1.83. The standard InChI is InChI=1S/C19H16F4N2O3/c20-14-5-4-13(16(9-14)19(21,22)23)10-25-18(27)8-3-12-1-6-15(7-2-12)28-11-17(24)26/h1-9H,10-11H2,(H2,24,26)(H,25,27)/b8-3+. The predicted molar refractivity (Wildman–Crippen MR) is 93.4 cm³/mol. The molecular formula is C19H16F4N2O3. The largest absolute Gasteiger partial charge is 0.484 e. The van der Waals surface area contributed by atoms with Gasteiger partial charge in [0, 0.05) is 12.6 Å². The Morgan fingerprint density at radius 2 is 1.79 bits per heavy atom. The molecule has 0 radical (unpaired) electrons. The second kappa shape index (κ2) is 9.03. The first-order valence-corrected chi connectivity index (χ1v) is 7.98. The molecule has 0 spiro atoms. The highest BCUT2D eigenvalue weighted by Crippen LogP contribution is 2.32. The SMILES string of the molecule is NC(=O)COc1ccc(/C=C/C(=O)NCc2ccc(F)cc2C(F)(F)F)cc1. The zero-order valence-electron chi connectivity index (χ0n) is 14.4. The van der Waals surface area contributed by atoms with Gasteiger partial charge in [-0.25, -0.2) is 4.39 Å². The molecule has 5 nitrogen and oxygen atoms in total. The number of rotatable bonds is 7. The Morgan fingerprint density at radius 3 is 2.39 bits per heavy atom. The second-order valence-electron chi connectivity index (χ2n) is 5.67. The molecule has 0 unspecified atom stereocenters. The summed E-state index contributed by atoms with van der Waals surface area (Å²) in [4.78, 5) is 22.5. The Labute approximate surface area is 157 Å². The van der Waals surface area contributed by atoms with Crippen molar-refractivity contribution in [2.45, 2.75) is 12.7 Å². The van der Waals surface area contributed by atoms with Crippen LogP contribution >= 0.6 is 0 Å². The van der Waals surface area contributed by atoms with Crippen LogP contribution in [0.5, 0.6) is 5.75 Å². The molecule has 0 aliphatic rings. The Bertz CT molecular complexity index is 878. The fourth-order valence-electron chi connectivity index (χ4n) is 2.21. The van der Waals surface area contributed by atoms with E-state index in [0.29, 0.717) is 17.4 Å². The van der Waals surface area contributed by atoms with Crippen molar-refractivity contribution in [2.24, 2.45) is 5.73 Å². The zero-order chi connectivity index (χ0) is 20.7. The molecule has 0 bridgehead atoms. The molecule has 0 atom stereocenters. The van der Waals surface area contributed by atoms with E-state index in [1.165, 1.54) is 6.08 Å². The summed E-state index contributed by atoms with van der Waals surface area (Å²) in [7, 11) is 0. The van der Waals surface area contributed by atoms with Crippen molar-refractivity contribution in [2.75, 3.05) is 6.61 Å². The lowest BCUT2D eigenvalue weighted by atomic mass is 10.1. The third-order valence-electron chi connectivity index (χ3n) is 3.52. The van der Waals surface area contributed by atoms with Crippen LogP contribution in [0.4, 0.5) is 17.6 Å². The summed E-state index contributed by atoms with van der Waals surface area (Å²) in [6.45, 7) is -0.668. The van der Waals surface area contributed by atoms with Crippen LogP contribution in [0.15, 0.2) is 48.5 Å². The van der Waals surface area contributed by atoms with Gasteiger partial charge < -0.3 is 15.8 Å². The maximum atomic E-state index is 13.1. The molecule has 2 aromatic rings. The molecule has 0 aliphatic heterocycles. The highest BCUT2D eigenvalue weighted by molar-refractivity contribution is 5.91. The van der Waals surface area contributed by atoms with Crippen LogP contribution in [0.2, 0.25) is 0 Å². The van der Waals surface area contributed by atoms with Crippen molar-refractivity contribution >= 4 is 17.9 Å². The van der Waals surface area contributed by atoms with Crippen molar-refractivity contribution in [1.82, 2.24) is 5.32 Å². The molecule has 148 valence electrons. The van der Waals surface area contributed by atoms with Crippen LogP contribution in [0.3, 0.4) is 0 Å². The van der Waals surface area contributed by atoms with Crippen molar-refractivity contribution < 1.29 is 31.9 Å². The number of ether oxygens (including phenoxy) is 1. The highest BCUT2D eigenvalue weighted by atomic mass is 19.4. The number of hydrogen-bond acceptors (Lipinski definition) is 3. The summed E-state index contributed by atoms with van der Waals surface area (Å²) >= 11 is 0. The third kappa shape index (κ3) is 6.42. The topological polar surface area (TPSA) is 81.4 Å². The summed E-state index contributed by atoms with van der Waals surface area (Å²) in [6.07, 6.45) is -2.13. The number of benzene rings is 2. The third-order valence-corrected chi connectivity index (χ3v) is 3.52. The minimum atomic E-state index is -4.73. The van der Waals surface area contributed by atoms with Gasteiger partial charge in [-0.3, -0.25) is 9.59 Å². The first kappa shape index (κ1) is 20.9. The van der Waals surface area contributed by atoms with E-state index in [4.69, 9.17) is 10.5 Å². The van der Waals surface area contributed by atoms with E-state index >= 15 is 0 Å². The summed E-state index contributed by atoms with van der Waals surface area (Å²) in [5.41, 5.74) is 4.21. The van der Waals surface area contributed by atoms with Gasteiger partial charge in [0.25, 0.3) is 5.91 Å². The van der Waals surface area contributed by atoms with Gasteiger partial charge in [-0.15, -0.1) is 0 Å². The molecule has 28 heavy (non-hydrogen) atoms. The van der Waals surface area contributed by atoms with Gasteiger partial charge in [-0.1, -0.05) is 18.2 Å². The Kier molecular flexibility index (Phi) is 6.75. The summed E-state index contributed by atoms with van der Waals surface area (Å²) in [5, 5.41) is 2.32. The predicted octanol–water partition coefficient (Wildman–Crippen LogP) is 3.04. The van der Waals surface area contributed by atoms with E-state index in [9.17, 15) is 27.2 Å². The maximum Gasteiger partial charge on any atom is 0.416 e. The zero-order valence-corrected chi connectivity index (χ0v) is 14.4. The number of amides is 2. The Morgan fingerprint density at radius 1 is 1.11 bits per heavy atom. The van der Waals surface area contributed by atoms with Gasteiger partial charge in [0.05, 0.1) is 5.56 Å². The Hall–Kier alpha value is -3.36. The number of alkyl halides is 3. The first-order chi connectivity index (χ1) is 13.1.